The normalized spacial score (nSPS) is 11.1. The molecule has 0 aliphatic carbocycles. The molecule has 0 saturated heterocycles. The Balaban J connectivity index is 2.45. The topological polar surface area (TPSA) is 29.9 Å². The molecule has 1 N–H and O–H groups in total. The van der Waals surface area contributed by atoms with E-state index >= 15 is 0 Å². The standard InChI is InChI=1S/C10H11BrFN3/c1-13-4-5-15-10(11)8-6-7(12)2-3-9(8)14-15/h2-3,6,13H,4-5H2,1H3. The number of nitrogens with zero attached hydrogens (tertiary/aromatic N) is 2. The van der Waals surface area contributed by atoms with Crippen molar-refractivity contribution >= 4 is 26.8 Å². The summed E-state index contributed by atoms with van der Waals surface area (Å²) in [5, 5.41) is 8.21. The molecule has 0 radical (unpaired) electrons. The zero-order valence-electron chi connectivity index (χ0n) is 8.30. The SMILES string of the molecule is CNCCn1nc2ccc(F)cc2c1Br. The number of hydrogen-bond acceptors (Lipinski definition) is 2. The van der Waals surface area contributed by atoms with Crippen LogP contribution < -0.4 is 5.32 Å². The number of benzene rings is 1. The zero-order chi connectivity index (χ0) is 10.8. The molecule has 5 heteroatoms. The van der Waals surface area contributed by atoms with Crippen LogP contribution in [0.15, 0.2) is 22.8 Å². The van der Waals surface area contributed by atoms with Crippen molar-refractivity contribution in [2.45, 2.75) is 6.54 Å². The molecule has 2 rings (SSSR count). The highest BCUT2D eigenvalue weighted by molar-refractivity contribution is 9.10. The molecule has 3 nitrogen and oxygen atoms in total. The maximum Gasteiger partial charge on any atom is 0.124 e. The smallest absolute Gasteiger partial charge is 0.124 e. The Morgan fingerprint density at radius 2 is 2.33 bits per heavy atom. The van der Waals surface area contributed by atoms with Crippen LogP contribution >= 0.6 is 15.9 Å². The van der Waals surface area contributed by atoms with Gasteiger partial charge in [0.2, 0.25) is 0 Å². The molecule has 1 aromatic carbocycles. The van der Waals surface area contributed by atoms with E-state index in [-0.39, 0.29) is 5.82 Å². The summed E-state index contributed by atoms with van der Waals surface area (Å²) in [6.07, 6.45) is 0. The van der Waals surface area contributed by atoms with E-state index in [9.17, 15) is 4.39 Å². The summed E-state index contributed by atoms with van der Waals surface area (Å²) in [4.78, 5) is 0. The van der Waals surface area contributed by atoms with Crippen LogP contribution in [0.5, 0.6) is 0 Å². The van der Waals surface area contributed by atoms with Gasteiger partial charge in [-0.05, 0) is 41.2 Å². The van der Waals surface area contributed by atoms with E-state index in [4.69, 9.17) is 0 Å². The predicted molar refractivity (Wildman–Crippen MR) is 61.3 cm³/mol. The van der Waals surface area contributed by atoms with E-state index in [1.807, 2.05) is 11.7 Å². The Morgan fingerprint density at radius 1 is 1.53 bits per heavy atom. The van der Waals surface area contributed by atoms with Gasteiger partial charge in [-0.15, -0.1) is 0 Å². The molecule has 0 aliphatic rings. The number of rotatable bonds is 3. The molecule has 0 aliphatic heterocycles. The molecule has 80 valence electrons. The fraction of sp³-hybridized carbons (Fsp3) is 0.300. The maximum atomic E-state index is 13.0. The highest BCUT2D eigenvalue weighted by Gasteiger charge is 2.08. The average molecular weight is 272 g/mol. The lowest BCUT2D eigenvalue weighted by Gasteiger charge is -2.01. The van der Waals surface area contributed by atoms with Gasteiger partial charge in [-0.25, -0.2) is 4.39 Å². The Kier molecular flexibility index (Phi) is 3.02. The molecule has 0 spiro atoms. The molecule has 15 heavy (non-hydrogen) atoms. The van der Waals surface area contributed by atoms with Crippen LogP contribution in [0.25, 0.3) is 10.9 Å². The highest BCUT2D eigenvalue weighted by atomic mass is 79.9. The second-order valence-electron chi connectivity index (χ2n) is 3.28. The second kappa shape index (κ2) is 4.28. The van der Waals surface area contributed by atoms with Crippen molar-refractivity contribution in [2.24, 2.45) is 0 Å². The third kappa shape index (κ3) is 2.03. The minimum Gasteiger partial charge on any atom is -0.318 e. The maximum absolute atomic E-state index is 13.0. The number of halogens is 2. The van der Waals surface area contributed by atoms with E-state index < -0.39 is 0 Å². The molecule has 0 atom stereocenters. The molecular weight excluding hydrogens is 261 g/mol. The molecule has 1 aromatic heterocycles. The van der Waals surface area contributed by atoms with Crippen LogP contribution in [0, 0.1) is 5.82 Å². The van der Waals surface area contributed by atoms with Crippen molar-refractivity contribution in [3.8, 4) is 0 Å². The quantitative estimate of drug-likeness (QED) is 0.927. The first-order chi connectivity index (χ1) is 7.22. The molecule has 0 saturated carbocycles. The van der Waals surface area contributed by atoms with Gasteiger partial charge in [-0.1, -0.05) is 0 Å². The van der Waals surface area contributed by atoms with E-state index in [2.05, 4.69) is 26.3 Å². The largest absolute Gasteiger partial charge is 0.318 e. The Bertz CT molecular complexity index is 481. The minimum absolute atomic E-state index is 0.239. The highest BCUT2D eigenvalue weighted by Crippen LogP contribution is 2.24. The van der Waals surface area contributed by atoms with Crippen molar-refractivity contribution in [3.63, 3.8) is 0 Å². The van der Waals surface area contributed by atoms with E-state index in [1.54, 1.807) is 6.07 Å². The van der Waals surface area contributed by atoms with Crippen molar-refractivity contribution in [3.05, 3.63) is 28.6 Å². The molecule has 0 fully saturated rings. The summed E-state index contributed by atoms with van der Waals surface area (Å²) in [5.74, 6) is -0.239. The average Bonchev–Trinajstić information content (AvgIpc) is 2.53. The Morgan fingerprint density at radius 3 is 3.07 bits per heavy atom. The Labute approximate surface area is 95.4 Å². The van der Waals surface area contributed by atoms with Crippen LogP contribution in [-0.2, 0) is 6.54 Å². The van der Waals surface area contributed by atoms with Gasteiger partial charge in [0.15, 0.2) is 0 Å². The van der Waals surface area contributed by atoms with Gasteiger partial charge in [-0.2, -0.15) is 5.10 Å². The lowest BCUT2D eigenvalue weighted by molar-refractivity contribution is 0.580. The van der Waals surface area contributed by atoms with Crippen LogP contribution in [0.3, 0.4) is 0 Å². The summed E-state index contributed by atoms with van der Waals surface area (Å²) in [6.45, 7) is 1.59. The van der Waals surface area contributed by atoms with Gasteiger partial charge in [0, 0.05) is 11.9 Å². The molecule has 0 amide bonds. The number of aromatic nitrogens is 2. The summed E-state index contributed by atoms with van der Waals surface area (Å²) >= 11 is 3.42. The summed E-state index contributed by atoms with van der Waals surface area (Å²) in [5.41, 5.74) is 0.805. The van der Waals surface area contributed by atoms with Gasteiger partial charge in [0.1, 0.15) is 10.4 Å². The fourth-order valence-electron chi connectivity index (χ4n) is 1.44. The van der Waals surface area contributed by atoms with Crippen LogP contribution in [0.2, 0.25) is 0 Å². The molecule has 2 aromatic rings. The van der Waals surface area contributed by atoms with Crippen molar-refractivity contribution in [2.75, 3.05) is 13.6 Å². The molecular formula is C10H11BrFN3. The molecule has 0 unspecified atom stereocenters. The number of fused-ring (bicyclic) bond motifs is 1. The number of hydrogen-bond donors (Lipinski definition) is 1. The van der Waals surface area contributed by atoms with Crippen molar-refractivity contribution in [1.29, 1.82) is 0 Å². The lowest BCUT2D eigenvalue weighted by Crippen LogP contribution is -2.15. The van der Waals surface area contributed by atoms with Crippen molar-refractivity contribution < 1.29 is 4.39 Å². The van der Waals surface area contributed by atoms with Gasteiger partial charge < -0.3 is 5.32 Å². The zero-order valence-corrected chi connectivity index (χ0v) is 9.88. The Hall–Kier alpha value is -0.940. The third-order valence-electron chi connectivity index (χ3n) is 2.21. The summed E-state index contributed by atoms with van der Waals surface area (Å²) in [7, 11) is 1.89. The lowest BCUT2D eigenvalue weighted by atomic mass is 10.2. The van der Waals surface area contributed by atoms with Crippen LogP contribution in [0.1, 0.15) is 0 Å². The van der Waals surface area contributed by atoms with Gasteiger partial charge in [0.05, 0.1) is 12.1 Å². The van der Waals surface area contributed by atoms with Gasteiger partial charge in [-0.3, -0.25) is 4.68 Å². The summed E-state index contributed by atoms with van der Waals surface area (Å²) in [6, 6.07) is 4.60. The van der Waals surface area contributed by atoms with E-state index in [1.165, 1.54) is 12.1 Å². The first-order valence-corrected chi connectivity index (χ1v) is 5.48. The second-order valence-corrected chi connectivity index (χ2v) is 4.03. The summed E-state index contributed by atoms with van der Waals surface area (Å²) < 4.78 is 15.7. The third-order valence-corrected chi connectivity index (χ3v) is 3.05. The minimum atomic E-state index is -0.239. The molecule has 0 bridgehead atoms. The predicted octanol–water partition coefficient (Wildman–Crippen LogP) is 2.16. The first-order valence-electron chi connectivity index (χ1n) is 4.68. The first kappa shape index (κ1) is 10.6. The monoisotopic (exact) mass is 271 g/mol. The number of nitrogens with one attached hydrogen (secondary N) is 1. The van der Waals surface area contributed by atoms with E-state index in [0.717, 1.165) is 28.6 Å². The van der Waals surface area contributed by atoms with E-state index in [0.29, 0.717) is 0 Å². The molecule has 1 heterocycles. The number of likely N-dealkylation sites (N-methyl/N-ethyl adjacent to an activating group) is 1. The van der Waals surface area contributed by atoms with Crippen molar-refractivity contribution in [1.82, 2.24) is 15.1 Å². The van der Waals surface area contributed by atoms with Crippen LogP contribution in [0.4, 0.5) is 4.39 Å². The van der Waals surface area contributed by atoms with Gasteiger partial charge in [0.25, 0.3) is 0 Å². The fourth-order valence-corrected chi connectivity index (χ4v) is 2.01. The van der Waals surface area contributed by atoms with Crippen LogP contribution in [-0.4, -0.2) is 23.4 Å². The van der Waals surface area contributed by atoms with Gasteiger partial charge >= 0.3 is 0 Å².